The van der Waals surface area contributed by atoms with E-state index in [0.29, 0.717) is 0 Å². The number of aliphatic hydroxyl groups excluding tert-OH is 1. The lowest BCUT2D eigenvalue weighted by molar-refractivity contribution is -0.140. The van der Waals surface area contributed by atoms with Gasteiger partial charge in [-0.25, -0.2) is 0 Å². The first-order valence-corrected chi connectivity index (χ1v) is 5.25. The van der Waals surface area contributed by atoms with Crippen molar-refractivity contribution < 1.29 is 20.1 Å². The van der Waals surface area contributed by atoms with Crippen molar-refractivity contribution in [2.75, 3.05) is 0 Å². The van der Waals surface area contributed by atoms with Crippen molar-refractivity contribution in [3.63, 3.8) is 0 Å². The molecule has 96 valence electrons. The molecule has 0 radical (unpaired) electrons. The number of rotatable bonds is 3. The molecule has 0 saturated heterocycles. The van der Waals surface area contributed by atoms with E-state index in [9.17, 15) is 4.79 Å². The molecule has 0 unspecified atom stereocenters. The SMILES string of the molecule is CC(C)=CC(C)(C)C(O)O.CC(C)C(=O)O. The fourth-order valence-electron chi connectivity index (χ4n) is 0.819. The molecule has 4 heteroatoms. The lowest BCUT2D eigenvalue weighted by Crippen LogP contribution is -2.26. The number of carbonyl (C=O) groups is 1. The highest BCUT2D eigenvalue weighted by atomic mass is 16.5. The number of carboxylic acid groups (broad SMARTS) is 1. The minimum absolute atomic E-state index is 0.231. The van der Waals surface area contributed by atoms with Gasteiger partial charge in [0.25, 0.3) is 0 Å². The number of carboxylic acids is 1. The Hall–Kier alpha value is -0.870. The molecule has 0 heterocycles. The van der Waals surface area contributed by atoms with Crippen LogP contribution in [0.4, 0.5) is 0 Å². The zero-order chi connectivity index (χ0) is 13.5. The van der Waals surface area contributed by atoms with Gasteiger partial charge in [-0.15, -0.1) is 0 Å². The quantitative estimate of drug-likeness (QED) is 0.514. The molecule has 0 atom stereocenters. The highest BCUT2D eigenvalue weighted by Gasteiger charge is 2.22. The van der Waals surface area contributed by atoms with Crippen LogP contribution in [0.1, 0.15) is 41.5 Å². The first-order chi connectivity index (χ1) is 7.00. The van der Waals surface area contributed by atoms with E-state index in [1.54, 1.807) is 27.7 Å². The largest absolute Gasteiger partial charge is 0.481 e. The summed E-state index contributed by atoms with van der Waals surface area (Å²) in [7, 11) is 0. The second-order valence-electron chi connectivity index (χ2n) is 4.91. The molecule has 0 saturated carbocycles. The second-order valence-corrected chi connectivity index (χ2v) is 4.91. The molecule has 0 aliphatic carbocycles. The molecule has 3 N–H and O–H groups in total. The molecular weight excluding hydrogens is 208 g/mol. The van der Waals surface area contributed by atoms with Crippen LogP contribution in [-0.4, -0.2) is 27.6 Å². The summed E-state index contributed by atoms with van der Waals surface area (Å²) in [6.45, 7) is 10.7. The summed E-state index contributed by atoms with van der Waals surface area (Å²) < 4.78 is 0. The summed E-state index contributed by atoms with van der Waals surface area (Å²) in [6, 6.07) is 0. The van der Waals surface area contributed by atoms with E-state index in [-0.39, 0.29) is 5.92 Å². The van der Waals surface area contributed by atoms with Gasteiger partial charge < -0.3 is 15.3 Å². The smallest absolute Gasteiger partial charge is 0.305 e. The predicted molar refractivity (Wildman–Crippen MR) is 63.9 cm³/mol. The van der Waals surface area contributed by atoms with Gasteiger partial charge in [0.05, 0.1) is 5.92 Å². The molecule has 0 amide bonds. The maximum Gasteiger partial charge on any atom is 0.305 e. The van der Waals surface area contributed by atoms with Gasteiger partial charge in [-0.2, -0.15) is 0 Å². The monoisotopic (exact) mass is 232 g/mol. The average molecular weight is 232 g/mol. The Morgan fingerprint density at radius 1 is 1.19 bits per heavy atom. The van der Waals surface area contributed by atoms with E-state index >= 15 is 0 Å². The van der Waals surface area contributed by atoms with Crippen molar-refractivity contribution in [2.45, 2.75) is 47.8 Å². The fraction of sp³-hybridized carbons (Fsp3) is 0.750. The van der Waals surface area contributed by atoms with Crippen LogP contribution in [0.5, 0.6) is 0 Å². The van der Waals surface area contributed by atoms with Gasteiger partial charge in [-0.3, -0.25) is 4.79 Å². The van der Waals surface area contributed by atoms with Gasteiger partial charge >= 0.3 is 5.97 Å². The molecule has 0 aromatic rings. The number of aliphatic hydroxyl groups is 2. The maximum atomic E-state index is 9.70. The summed E-state index contributed by atoms with van der Waals surface area (Å²) in [5, 5.41) is 25.7. The van der Waals surface area contributed by atoms with E-state index in [4.69, 9.17) is 15.3 Å². The number of aliphatic carboxylic acids is 1. The molecule has 0 spiro atoms. The Kier molecular flexibility index (Phi) is 8.12. The normalized spacial score (nSPS) is 10.9. The number of allylic oxidation sites excluding steroid dienone is 1. The molecule has 16 heavy (non-hydrogen) atoms. The Balaban J connectivity index is 0. The van der Waals surface area contributed by atoms with Crippen molar-refractivity contribution in [3.8, 4) is 0 Å². The summed E-state index contributed by atoms with van der Waals surface area (Å²) in [4.78, 5) is 9.70. The summed E-state index contributed by atoms with van der Waals surface area (Å²) in [5.74, 6) is -0.972. The molecular formula is C12H24O4. The van der Waals surface area contributed by atoms with E-state index in [2.05, 4.69) is 0 Å². The third-order valence-corrected chi connectivity index (χ3v) is 1.82. The molecule has 0 rings (SSSR count). The Morgan fingerprint density at radius 3 is 1.56 bits per heavy atom. The third kappa shape index (κ3) is 9.68. The van der Waals surface area contributed by atoms with Crippen LogP contribution in [0.2, 0.25) is 0 Å². The van der Waals surface area contributed by atoms with Gasteiger partial charge in [0.15, 0.2) is 6.29 Å². The fourth-order valence-corrected chi connectivity index (χ4v) is 0.819. The first kappa shape index (κ1) is 17.5. The van der Waals surface area contributed by atoms with E-state index < -0.39 is 17.7 Å². The van der Waals surface area contributed by atoms with Crippen LogP contribution < -0.4 is 0 Å². The minimum atomic E-state index is -1.28. The van der Waals surface area contributed by atoms with Gasteiger partial charge in [-0.05, 0) is 13.8 Å². The van der Waals surface area contributed by atoms with Crippen molar-refractivity contribution >= 4 is 5.97 Å². The van der Waals surface area contributed by atoms with Crippen molar-refractivity contribution in [1.82, 2.24) is 0 Å². The van der Waals surface area contributed by atoms with Crippen LogP contribution in [0.3, 0.4) is 0 Å². The van der Waals surface area contributed by atoms with Gasteiger partial charge in [0.2, 0.25) is 0 Å². The van der Waals surface area contributed by atoms with Crippen molar-refractivity contribution in [1.29, 1.82) is 0 Å². The van der Waals surface area contributed by atoms with Gasteiger partial charge in [-0.1, -0.05) is 39.3 Å². The van der Waals surface area contributed by atoms with Crippen molar-refractivity contribution in [3.05, 3.63) is 11.6 Å². The standard InChI is InChI=1S/C8H16O2.C4H8O2/c1-6(2)5-8(3,4)7(9)10;1-3(2)4(5)6/h5,7,9-10H,1-4H3;3H,1-2H3,(H,5,6). The highest BCUT2D eigenvalue weighted by molar-refractivity contribution is 5.68. The second kappa shape index (κ2) is 7.41. The third-order valence-electron chi connectivity index (χ3n) is 1.82. The predicted octanol–water partition coefficient (Wildman–Crippen LogP) is 2.02. The number of hydrogen-bond donors (Lipinski definition) is 3. The lowest BCUT2D eigenvalue weighted by Gasteiger charge is -2.22. The molecule has 4 nitrogen and oxygen atoms in total. The Bertz CT molecular complexity index is 235. The van der Waals surface area contributed by atoms with E-state index in [1.807, 2.05) is 19.9 Å². The van der Waals surface area contributed by atoms with Crippen LogP contribution in [-0.2, 0) is 4.79 Å². The Morgan fingerprint density at radius 2 is 1.50 bits per heavy atom. The summed E-state index contributed by atoms with van der Waals surface area (Å²) in [6.07, 6.45) is 0.569. The zero-order valence-electron chi connectivity index (χ0n) is 11.0. The zero-order valence-corrected chi connectivity index (χ0v) is 11.0. The van der Waals surface area contributed by atoms with Crippen molar-refractivity contribution in [2.24, 2.45) is 11.3 Å². The van der Waals surface area contributed by atoms with Gasteiger partial charge in [0.1, 0.15) is 0 Å². The molecule has 0 aliphatic rings. The van der Waals surface area contributed by atoms with Crippen LogP contribution in [0.15, 0.2) is 11.6 Å². The van der Waals surface area contributed by atoms with E-state index in [0.717, 1.165) is 5.57 Å². The van der Waals surface area contributed by atoms with Crippen LogP contribution >= 0.6 is 0 Å². The highest BCUT2D eigenvalue weighted by Crippen LogP contribution is 2.22. The molecule has 0 aromatic carbocycles. The van der Waals surface area contributed by atoms with Crippen LogP contribution in [0, 0.1) is 11.3 Å². The Labute approximate surface area is 97.6 Å². The van der Waals surface area contributed by atoms with Crippen LogP contribution in [0.25, 0.3) is 0 Å². The topological polar surface area (TPSA) is 77.8 Å². The summed E-state index contributed by atoms with van der Waals surface area (Å²) in [5.41, 5.74) is 0.567. The van der Waals surface area contributed by atoms with Gasteiger partial charge in [0, 0.05) is 5.41 Å². The first-order valence-electron chi connectivity index (χ1n) is 5.25. The minimum Gasteiger partial charge on any atom is -0.481 e. The molecule has 0 fully saturated rings. The maximum absolute atomic E-state index is 9.70. The van der Waals surface area contributed by atoms with E-state index in [1.165, 1.54) is 0 Å². The molecule has 0 aliphatic heterocycles. The molecule has 0 bridgehead atoms. The summed E-state index contributed by atoms with van der Waals surface area (Å²) >= 11 is 0. The lowest BCUT2D eigenvalue weighted by atomic mass is 9.90. The number of hydrogen-bond acceptors (Lipinski definition) is 3. The average Bonchev–Trinajstić information content (AvgIpc) is 2.01. The molecule has 0 aromatic heterocycles.